The molecule has 0 bridgehead atoms. The molecule has 0 spiro atoms. The van der Waals surface area contributed by atoms with Crippen molar-refractivity contribution in [2.75, 3.05) is 31.1 Å². The van der Waals surface area contributed by atoms with Gasteiger partial charge in [0.2, 0.25) is 5.91 Å². The lowest BCUT2D eigenvalue weighted by atomic mass is 10.0. The van der Waals surface area contributed by atoms with Crippen molar-refractivity contribution in [1.29, 1.82) is 5.26 Å². The molecule has 1 amide bonds. The molecule has 1 atom stereocenters. The van der Waals surface area contributed by atoms with Crippen LogP contribution in [0.15, 0.2) is 18.3 Å². The van der Waals surface area contributed by atoms with E-state index in [4.69, 9.17) is 11.0 Å². The average molecular weight is 324 g/mol. The number of rotatable bonds is 3. The van der Waals surface area contributed by atoms with E-state index < -0.39 is 6.04 Å². The summed E-state index contributed by atoms with van der Waals surface area (Å²) in [7, 11) is 0. The first-order chi connectivity index (χ1) is 10.0. The van der Waals surface area contributed by atoms with Crippen LogP contribution in [0.4, 0.5) is 5.82 Å². The Kier molecular flexibility index (Phi) is 6.60. The maximum absolute atomic E-state index is 12.2. The summed E-state index contributed by atoms with van der Waals surface area (Å²) in [5.41, 5.74) is 6.52. The molecule has 1 fully saturated rings. The van der Waals surface area contributed by atoms with E-state index in [-0.39, 0.29) is 24.2 Å². The molecule has 2 rings (SSSR count). The van der Waals surface area contributed by atoms with Crippen LogP contribution >= 0.6 is 12.4 Å². The van der Waals surface area contributed by atoms with Crippen LogP contribution in [0.2, 0.25) is 0 Å². The Balaban J connectivity index is 0.00000242. The number of amides is 1. The van der Waals surface area contributed by atoms with Crippen LogP contribution in [0, 0.1) is 17.2 Å². The second kappa shape index (κ2) is 7.97. The molecule has 0 aromatic carbocycles. The first kappa shape index (κ1) is 18.2. The quantitative estimate of drug-likeness (QED) is 0.897. The molecule has 1 aliphatic rings. The predicted molar refractivity (Wildman–Crippen MR) is 87.8 cm³/mol. The van der Waals surface area contributed by atoms with Crippen LogP contribution in [-0.4, -0.2) is 48.0 Å². The van der Waals surface area contributed by atoms with Crippen molar-refractivity contribution < 1.29 is 4.79 Å². The third-order valence-electron chi connectivity index (χ3n) is 3.79. The lowest BCUT2D eigenvalue weighted by Crippen LogP contribution is -2.54. The maximum Gasteiger partial charge on any atom is 0.239 e. The van der Waals surface area contributed by atoms with Gasteiger partial charge in [-0.3, -0.25) is 4.79 Å². The van der Waals surface area contributed by atoms with Gasteiger partial charge in [0, 0.05) is 32.4 Å². The molecule has 0 radical (unpaired) electrons. The molecule has 2 N–H and O–H groups in total. The molecular weight excluding hydrogens is 302 g/mol. The maximum atomic E-state index is 12.2. The van der Waals surface area contributed by atoms with Gasteiger partial charge in [-0.25, -0.2) is 4.98 Å². The summed E-state index contributed by atoms with van der Waals surface area (Å²) < 4.78 is 0. The fourth-order valence-corrected chi connectivity index (χ4v) is 2.31. The van der Waals surface area contributed by atoms with Crippen molar-refractivity contribution in [2.24, 2.45) is 11.7 Å². The molecule has 120 valence electrons. The van der Waals surface area contributed by atoms with E-state index in [9.17, 15) is 4.79 Å². The zero-order chi connectivity index (χ0) is 15.4. The van der Waals surface area contributed by atoms with Gasteiger partial charge in [-0.2, -0.15) is 5.26 Å². The van der Waals surface area contributed by atoms with E-state index in [1.807, 2.05) is 18.7 Å². The predicted octanol–water partition coefficient (Wildman–Crippen LogP) is 1.01. The molecule has 6 nitrogen and oxygen atoms in total. The normalized spacial score (nSPS) is 16.0. The molecule has 0 aliphatic carbocycles. The Bertz CT molecular complexity index is 549. The van der Waals surface area contributed by atoms with Crippen LogP contribution in [0.1, 0.15) is 19.4 Å². The Morgan fingerprint density at radius 3 is 2.55 bits per heavy atom. The molecule has 0 saturated carbocycles. The largest absolute Gasteiger partial charge is 0.353 e. The van der Waals surface area contributed by atoms with Crippen molar-refractivity contribution in [1.82, 2.24) is 9.88 Å². The van der Waals surface area contributed by atoms with Crippen LogP contribution in [0.3, 0.4) is 0 Å². The van der Waals surface area contributed by atoms with Crippen LogP contribution in [0.25, 0.3) is 0 Å². The number of nitrogens with two attached hydrogens (primary N) is 1. The minimum absolute atomic E-state index is 0. The molecule has 1 aromatic rings. The highest BCUT2D eigenvalue weighted by Gasteiger charge is 2.27. The van der Waals surface area contributed by atoms with Gasteiger partial charge in [0.05, 0.1) is 17.7 Å². The Labute approximate surface area is 137 Å². The van der Waals surface area contributed by atoms with E-state index in [0.29, 0.717) is 31.7 Å². The van der Waals surface area contributed by atoms with Gasteiger partial charge in [0.25, 0.3) is 0 Å². The number of anilines is 1. The number of halogens is 1. The Morgan fingerprint density at radius 2 is 2.00 bits per heavy atom. The SMILES string of the molecule is CC(C)[C@H](N)C(=O)N1CCN(c2cc(C#N)ccn2)CC1.Cl. The standard InChI is InChI=1S/C15H21N5O.ClH/c1-11(2)14(17)15(21)20-7-5-19(6-8-20)13-9-12(10-16)3-4-18-13;/h3-4,9,11,14H,5-8,17H2,1-2H3;1H/t14-;/m0./s1. The number of carbonyl (C=O) groups excluding carboxylic acids is 1. The summed E-state index contributed by atoms with van der Waals surface area (Å²) in [5, 5.41) is 8.93. The van der Waals surface area contributed by atoms with Crippen molar-refractivity contribution in [2.45, 2.75) is 19.9 Å². The number of piperazine rings is 1. The smallest absolute Gasteiger partial charge is 0.239 e. The summed E-state index contributed by atoms with van der Waals surface area (Å²) in [6, 6.07) is 5.14. The van der Waals surface area contributed by atoms with Gasteiger partial charge in [0.1, 0.15) is 5.82 Å². The Morgan fingerprint density at radius 1 is 1.36 bits per heavy atom. The molecule has 1 aliphatic heterocycles. The average Bonchev–Trinajstić information content (AvgIpc) is 2.53. The summed E-state index contributed by atoms with van der Waals surface area (Å²) >= 11 is 0. The highest BCUT2D eigenvalue weighted by atomic mass is 35.5. The Hall–Kier alpha value is -1.84. The van der Waals surface area contributed by atoms with E-state index in [0.717, 1.165) is 5.82 Å². The number of hydrogen-bond donors (Lipinski definition) is 1. The van der Waals surface area contributed by atoms with Crippen molar-refractivity contribution in [3.8, 4) is 6.07 Å². The third-order valence-corrected chi connectivity index (χ3v) is 3.79. The minimum atomic E-state index is -0.434. The molecule has 1 aromatic heterocycles. The van der Waals surface area contributed by atoms with Gasteiger partial charge in [-0.15, -0.1) is 12.4 Å². The highest BCUT2D eigenvalue weighted by Crippen LogP contribution is 2.15. The van der Waals surface area contributed by atoms with Gasteiger partial charge < -0.3 is 15.5 Å². The summed E-state index contributed by atoms with van der Waals surface area (Å²) in [6.07, 6.45) is 1.64. The zero-order valence-electron chi connectivity index (χ0n) is 12.9. The minimum Gasteiger partial charge on any atom is -0.353 e. The molecule has 7 heteroatoms. The highest BCUT2D eigenvalue weighted by molar-refractivity contribution is 5.85. The van der Waals surface area contributed by atoms with Gasteiger partial charge in [-0.1, -0.05) is 13.8 Å². The van der Waals surface area contributed by atoms with Gasteiger partial charge in [-0.05, 0) is 18.1 Å². The molecule has 1 saturated heterocycles. The second-order valence-corrected chi connectivity index (χ2v) is 5.60. The first-order valence-electron chi connectivity index (χ1n) is 7.18. The van der Waals surface area contributed by atoms with Crippen molar-refractivity contribution in [3.63, 3.8) is 0 Å². The fourth-order valence-electron chi connectivity index (χ4n) is 2.31. The molecule has 2 heterocycles. The van der Waals surface area contributed by atoms with E-state index in [1.54, 1.807) is 18.3 Å². The lowest BCUT2D eigenvalue weighted by molar-refractivity contribution is -0.133. The van der Waals surface area contributed by atoms with Crippen LogP contribution < -0.4 is 10.6 Å². The van der Waals surface area contributed by atoms with E-state index >= 15 is 0 Å². The van der Waals surface area contributed by atoms with Crippen molar-refractivity contribution >= 4 is 24.1 Å². The molecular formula is C15H22ClN5O. The van der Waals surface area contributed by atoms with E-state index in [2.05, 4.69) is 16.0 Å². The van der Waals surface area contributed by atoms with Crippen LogP contribution in [-0.2, 0) is 4.79 Å². The second-order valence-electron chi connectivity index (χ2n) is 5.60. The monoisotopic (exact) mass is 323 g/mol. The number of aromatic nitrogens is 1. The zero-order valence-corrected chi connectivity index (χ0v) is 13.7. The summed E-state index contributed by atoms with van der Waals surface area (Å²) in [5.74, 6) is 0.946. The number of hydrogen-bond acceptors (Lipinski definition) is 5. The first-order valence-corrected chi connectivity index (χ1v) is 7.18. The number of nitrogens with zero attached hydrogens (tertiary/aromatic N) is 4. The van der Waals surface area contributed by atoms with Gasteiger partial charge >= 0.3 is 0 Å². The number of carbonyl (C=O) groups is 1. The summed E-state index contributed by atoms with van der Waals surface area (Å²) in [6.45, 7) is 6.60. The lowest BCUT2D eigenvalue weighted by Gasteiger charge is -2.37. The topological polar surface area (TPSA) is 86.3 Å². The third kappa shape index (κ3) is 4.09. The fraction of sp³-hybridized carbons (Fsp3) is 0.533. The molecule has 0 unspecified atom stereocenters. The summed E-state index contributed by atoms with van der Waals surface area (Å²) in [4.78, 5) is 20.4. The number of pyridine rings is 1. The van der Waals surface area contributed by atoms with Crippen LogP contribution in [0.5, 0.6) is 0 Å². The number of nitriles is 1. The molecule has 22 heavy (non-hydrogen) atoms. The van der Waals surface area contributed by atoms with Crippen molar-refractivity contribution in [3.05, 3.63) is 23.9 Å². The van der Waals surface area contributed by atoms with E-state index in [1.165, 1.54) is 0 Å². The van der Waals surface area contributed by atoms with Gasteiger partial charge in [0.15, 0.2) is 0 Å².